The van der Waals surface area contributed by atoms with E-state index in [9.17, 15) is 9.59 Å². The fourth-order valence-corrected chi connectivity index (χ4v) is 1.89. The first-order valence-electron chi connectivity index (χ1n) is 5.09. The van der Waals surface area contributed by atoms with Gasteiger partial charge in [-0.2, -0.15) is 0 Å². The number of amides is 2. The zero-order chi connectivity index (χ0) is 11.3. The third-order valence-corrected chi connectivity index (χ3v) is 2.74. The van der Waals surface area contributed by atoms with E-state index in [0.717, 1.165) is 25.9 Å². The molecule has 6 heteroatoms. The molecule has 0 aromatic carbocycles. The molecule has 0 radical (unpaired) electrons. The zero-order valence-electron chi connectivity index (χ0n) is 8.53. The van der Waals surface area contributed by atoms with Crippen LogP contribution < -0.4 is 16.5 Å². The van der Waals surface area contributed by atoms with Crippen LogP contribution in [0, 0.1) is 11.8 Å². The van der Waals surface area contributed by atoms with E-state index >= 15 is 0 Å². The van der Waals surface area contributed by atoms with Gasteiger partial charge in [0, 0.05) is 0 Å². The summed E-state index contributed by atoms with van der Waals surface area (Å²) >= 11 is 0. The summed E-state index contributed by atoms with van der Waals surface area (Å²) in [7, 11) is 0. The second-order valence-corrected chi connectivity index (χ2v) is 3.88. The Kier molecular flexibility index (Phi) is 4.51. The molecule has 1 rings (SSSR count). The molecule has 1 aliphatic rings. The van der Waals surface area contributed by atoms with Crippen LogP contribution in [0.25, 0.3) is 0 Å². The molecule has 1 heterocycles. The summed E-state index contributed by atoms with van der Waals surface area (Å²) in [6.07, 6.45) is 2.42. The number of hydroxylamine groups is 1. The average Bonchev–Trinajstić information content (AvgIpc) is 2.26. The number of primary amides is 1. The highest BCUT2D eigenvalue weighted by Gasteiger charge is 2.28. The molecule has 5 N–H and O–H groups in total. The van der Waals surface area contributed by atoms with Crippen molar-refractivity contribution in [2.24, 2.45) is 17.6 Å². The molecule has 2 atom stereocenters. The summed E-state index contributed by atoms with van der Waals surface area (Å²) in [4.78, 5) is 22.1. The van der Waals surface area contributed by atoms with Gasteiger partial charge in [-0.3, -0.25) is 14.8 Å². The molecular weight excluding hydrogens is 198 g/mol. The van der Waals surface area contributed by atoms with Gasteiger partial charge in [0.1, 0.15) is 5.92 Å². The highest BCUT2D eigenvalue weighted by molar-refractivity contribution is 5.99. The van der Waals surface area contributed by atoms with Gasteiger partial charge in [0.2, 0.25) is 5.91 Å². The predicted octanol–water partition coefficient (Wildman–Crippen LogP) is -1.02. The van der Waals surface area contributed by atoms with Gasteiger partial charge >= 0.3 is 0 Å². The van der Waals surface area contributed by atoms with Crippen molar-refractivity contribution in [1.82, 2.24) is 10.8 Å². The third kappa shape index (κ3) is 3.49. The van der Waals surface area contributed by atoms with Gasteiger partial charge in [0.25, 0.3) is 5.91 Å². The highest BCUT2D eigenvalue weighted by atomic mass is 16.5. The van der Waals surface area contributed by atoms with Crippen LogP contribution in [0.1, 0.15) is 19.3 Å². The fraction of sp³-hybridized carbons (Fsp3) is 0.778. The van der Waals surface area contributed by atoms with Crippen LogP contribution in [-0.4, -0.2) is 30.1 Å². The quantitative estimate of drug-likeness (QED) is 0.274. The van der Waals surface area contributed by atoms with Crippen molar-refractivity contribution in [3.05, 3.63) is 0 Å². The van der Waals surface area contributed by atoms with Crippen molar-refractivity contribution in [2.75, 3.05) is 13.1 Å². The van der Waals surface area contributed by atoms with E-state index < -0.39 is 17.7 Å². The molecule has 1 saturated heterocycles. The SMILES string of the molecule is NC(=O)C(CC1CCCNC1)C(=O)NO. The molecule has 0 bridgehead atoms. The number of piperidine rings is 1. The molecule has 2 unspecified atom stereocenters. The van der Waals surface area contributed by atoms with Crippen LogP contribution >= 0.6 is 0 Å². The Morgan fingerprint density at radius 1 is 1.60 bits per heavy atom. The summed E-state index contributed by atoms with van der Waals surface area (Å²) in [6.45, 7) is 1.77. The van der Waals surface area contributed by atoms with Crippen LogP contribution in [-0.2, 0) is 9.59 Å². The lowest BCUT2D eigenvalue weighted by molar-refractivity contribution is -0.140. The number of nitrogens with one attached hydrogen (secondary N) is 2. The first-order valence-corrected chi connectivity index (χ1v) is 5.09. The normalized spacial score (nSPS) is 23.1. The maximum atomic E-state index is 11.1. The van der Waals surface area contributed by atoms with Crippen LogP contribution in [0.3, 0.4) is 0 Å². The molecule has 1 aliphatic heterocycles. The smallest absolute Gasteiger partial charge is 0.255 e. The number of carbonyl (C=O) groups excluding carboxylic acids is 2. The van der Waals surface area contributed by atoms with E-state index in [1.54, 1.807) is 0 Å². The number of nitrogens with two attached hydrogens (primary N) is 1. The third-order valence-electron chi connectivity index (χ3n) is 2.74. The van der Waals surface area contributed by atoms with Gasteiger partial charge in [0.05, 0.1) is 0 Å². The monoisotopic (exact) mass is 215 g/mol. The minimum atomic E-state index is -0.931. The molecule has 15 heavy (non-hydrogen) atoms. The Labute approximate surface area is 88.2 Å². The summed E-state index contributed by atoms with van der Waals surface area (Å²) < 4.78 is 0. The van der Waals surface area contributed by atoms with E-state index in [1.165, 1.54) is 5.48 Å². The van der Waals surface area contributed by atoms with Crippen molar-refractivity contribution < 1.29 is 14.8 Å². The minimum absolute atomic E-state index is 0.272. The summed E-state index contributed by atoms with van der Waals surface area (Å²) in [5.41, 5.74) is 6.57. The highest BCUT2D eigenvalue weighted by Crippen LogP contribution is 2.19. The van der Waals surface area contributed by atoms with Crippen molar-refractivity contribution in [3.63, 3.8) is 0 Å². The maximum absolute atomic E-state index is 11.1. The second kappa shape index (κ2) is 5.67. The van der Waals surface area contributed by atoms with Crippen LogP contribution in [0.4, 0.5) is 0 Å². The van der Waals surface area contributed by atoms with Gasteiger partial charge in [-0.05, 0) is 38.3 Å². The number of hydrogen-bond acceptors (Lipinski definition) is 4. The maximum Gasteiger partial charge on any atom is 0.255 e. The molecule has 6 nitrogen and oxygen atoms in total. The number of hydrogen-bond donors (Lipinski definition) is 4. The first-order chi connectivity index (χ1) is 7.15. The van der Waals surface area contributed by atoms with Gasteiger partial charge in [-0.15, -0.1) is 0 Å². The fourth-order valence-electron chi connectivity index (χ4n) is 1.89. The molecule has 0 aromatic rings. The second-order valence-electron chi connectivity index (χ2n) is 3.88. The lowest BCUT2D eigenvalue weighted by Gasteiger charge is -2.24. The molecule has 0 saturated carbocycles. The van der Waals surface area contributed by atoms with Crippen LogP contribution in [0.15, 0.2) is 0 Å². The summed E-state index contributed by atoms with van der Waals surface area (Å²) in [6, 6.07) is 0. The number of carbonyl (C=O) groups is 2. The van der Waals surface area contributed by atoms with Gasteiger partial charge in [0.15, 0.2) is 0 Å². The van der Waals surface area contributed by atoms with Gasteiger partial charge in [-0.1, -0.05) is 0 Å². The molecule has 0 aliphatic carbocycles. The Morgan fingerprint density at radius 3 is 2.80 bits per heavy atom. The lowest BCUT2D eigenvalue weighted by atomic mass is 9.88. The van der Waals surface area contributed by atoms with E-state index in [0.29, 0.717) is 6.42 Å². The molecule has 2 amide bonds. The topological polar surface area (TPSA) is 104 Å². The lowest BCUT2D eigenvalue weighted by Crippen LogP contribution is -2.40. The summed E-state index contributed by atoms with van der Waals surface area (Å²) in [5.74, 6) is -2.06. The molecule has 0 spiro atoms. The van der Waals surface area contributed by atoms with Crippen molar-refractivity contribution in [3.8, 4) is 0 Å². The van der Waals surface area contributed by atoms with Gasteiger partial charge < -0.3 is 11.1 Å². The Morgan fingerprint density at radius 2 is 2.33 bits per heavy atom. The van der Waals surface area contributed by atoms with Crippen LogP contribution in [0.5, 0.6) is 0 Å². The largest absolute Gasteiger partial charge is 0.369 e. The minimum Gasteiger partial charge on any atom is -0.369 e. The van der Waals surface area contributed by atoms with Crippen molar-refractivity contribution >= 4 is 11.8 Å². The molecular formula is C9H17N3O3. The van der Waals surface area contributed by atoms with Gasteiger partial charge in [-0.25, -0.2) is 5.48 Å². The number of rotatable bonds is 4. The van der Waals surface area contributed by atoms with E-state index in [2.05, 4.69) is 5.32 Å². The zero-order valence-corrected chi connectivity index (χ0v) is 8.53. The first kappa shape index (κ1) is 11.9. The molecule has 0 aromatic heterocycles. The Bertz CT molecular complexity index is 239. The summed E-state index contributed by atoms with van der Waals surface area (Å²) in [5, 5.41) is 11.7. The molecule has 1 fully saturated rings. The standard InChI is InChI=1S/C9H17N3O3/c10-8(13)7(9(14)12-15)4-6-2-1-3-11-5-6/h6-7,11,15H,1-5H2,(H2,10,13)(H,12,14). The molecule has 86 valence electrons. The van der Waals surface area contributed by atoms with Crippen LogP contribution in [0.2, 0.25) is 0 Å². The Balaban J connectivity index is 2.49. The van der Waals surface area contributed by atoms with Crippen molar-refractivity contribution in [1.29, 1.82) is 0 Å². The Hall–Kier alpha value is -1.14. The predicted molar refractivity (Wildman–Crippen MR) is 52.8 cm³/mol. The van der Waals surface area contributed by atoms with E-state index in [4.69, 9.17) is 10.9 Å². The van der Waals surface area contributed by atoms with E-state index in [1.807, 2.05) is 0 Å². The van der Waals surface area contributed by atoms with Crippen molar-refractivity contribution in [2.45, 2.75) is 19.3 Å². The van der Waals surface area contributed by atoms with E-state index in [-0.39, 0.29) is 5.92 Å². The average molecular weight is 215 g/mol.